The van der Waals surface area contributed by atoms with Crippen molar-refractivity contribution in [2.24, 2.45) is 0 Å². The molecule has 0 aliphatic heterocycles. The molecule has 7 nitrogen and oxygen atoms in total. The number of methoxy groups -OCH3 is 1. The molecule has 0 atom stereocenters. The summed E-state index contributed by atoms with van der Waals surface area (Å²) in [6, 6.07) is 9.49. The maximum Gasteiger partial charge on any atom is 0.322 e. The number of ether oxygens (including phenoxy) is 1. The third-order valence-electron chi connectivity index (χ3n) is 4.55. The van der Waals surface area contributed by atoms with E-state index < -0.39 is 0 Å². The van der Waals surface area contributed by atoms with Gasteiger partial charge in [-0.15, -0.1) is 0 Å². The first-order valence-corrected chi connectivity index (χ1v) is 9.05. The largest absolute Gasteiger partial charge is 0.494 e. The van der Waals surface area contributed by atoms with Crippen molar-refractivity contribution in [2.75, 3.05) is 25.5 Å². The molecule has 7 heteroatoms. The predicted molar refractivity (Wildman–Crippen MR) is 107 cm³/mol. The average Bonchev–Trinajstić information content (AvgIpc) is 3.02. The van der Waals surface area contributed by atoms with E-state index in [1.165, 1.54) is 0 Å². The lowest BCUT2D eigenvalue weighted by Crippen LogP contribution is -2.35. The minimum absolute atomic E-state index is 0.156. The molecule has 142 valence electrons. The fraction of sp³-hybridized carbons (Fsp3) is 0.350. The van der Waals surface area contributed by atoms with Crippen molar-refractivity contribution in [3.8, 4) is 11.6 Å². The topological polar surface area (TPSA) is 72.3 Å². The first-order valence-electron chi connectivity index (χ1n) is 9.05. The van der Waals surface area contributed by atoms with Gasteiger partial charge in [0.2, 0.25) is 0 Å². The van der Waals surface area contributed by atoms with Gasteiger partial charge in [0.25, 0.3) is 0 Å². The number of carbonyl (C=O) groups excluding carboxylic acids is 1. The highest BCUT2D eigenvalue weighted by molar-refractivity contribution is 5.90. The van der Waals surface area contributed by atoms with E-state index in [1.54, 1.807) is 16.7 Å². The number of aryl methyl sites for hydroxylation is 2. The van der Waals surface area contributed by atoms with Crippen LogP contribution in [0.15, 0.2) is 30.3 Å². The van der Waals surface area contributed by atoms with Crippen molar-refractivity contribution in [1.29, 1.82) is 0 Å². The Kier molecular flexibility index (Phi) is 5.30. The Labute approximate surface area is 159 Å². The second-order valence-electron chi connectivity index (χ2n) is 6.34. The normalized spacial score (nSPS) is 10.9. The molecule has 0 radical (unpaired) electrons. The molecule has 0 saturated carbocycles. The number of benzene rings is 1. The number of anilines is 1. The van der Waals surface area contributed by atoms with Gasteiger partial charge in [0.15, 0.2) is 5.82 Å². The molecule has 0 unspecified atom stereocenters. The van der Waals surface area contributed by atoms with Crippen LogP contribution in [0.3, 0.4) is 0 Å². The van der Waals surface area contributed by atoms with Crippen molar-refractivity contribution >= 4 is 22.8 Å². The number of urea groups is 1. The Hall–Kier alpha value is -3.09. The molecular weight excluding hydrogens is 342 g/mol. The van der Waals surface area contributed by atoms with Crippen LogP contribution < -0.4 is 10.1 Å². The highest BCUT2D eigenvalue weighted by Crippen LogP contribution is 2.28. The van der Waals surface area contributed by atoms with Gasteiger partial charge < -0.3 is 9.64 Å². The highest BCUT2D eigenvalue weighted by Gasteiger charge is 2.16. The number of nitrogens with one attached hydrogen (secondary N) is 1. The second kappa shape index (κ2) is 7.65. The molecule has 0 fully saturated rings. The van der Waals surface area contributed by atoms with E-state index in [-0.39, 0.29) is 6.03 Å². The van der Waals surface area contributed by atoms with Gasteiger partial charge in [-0.1, -0.05) is 12.1 Å². The summed E-state index contributed by atoms with van der Waals surface area (Å²) in [5, 5.41) is 8.50. The van der Waals surface area contributed by atoms with Gasteiger partial charge in [-0.25, -0.2) is 9.78 Å². The van der Waals surface area contributed by atoms with Gasteiger partial charge in [-0.2, -0.15) is 9.78 Å². The molecule has 1 N–H and O–H groups in total. The summed E-state index contributed by atoms with van der Waals surface area (Å²) in [6.45, 7) is 9.09. The molecule has 3 aromatic rings. The molecule has 2 amide bonds. The van der Waals surface area contributed by atoms with Crippen molar-refractivity contribution < 1.29 is 9.53 Å². The third kappa shape index (κ3) is 3.58. The Morgan fingerprint density at radius 1 is 1.22 bits per heavy atom. The number of para-hydroxylation sites is 1. The summed E-state index contributed by atoms with van der Waals surface area (Å²) in [4.78, 5) is 19.0. The SMILES string of the molecule is CCN(CC)C(=O)Nc1cc(C)nn1-c1cc(C)c2cccc(OC)c2n1. The van der Waals surface area contributed by atoms with Crippen LogP contribution in [-0.4, -0.2) is 45.9 Å². The Morgan fingerprint density at radius 3 is 2.63 bits per heavy atom. The molecule has 0 spiro atoms. The van der Waals surface area contributed by atoms with Crippen molar-refractivity contribution in [1.82, 2.24) is 19.7 Å². The van der Waals surface area contributed by atoms with Crippen molar-refractivity contribution in [3.05, 3.63) is 41.6 Å². The van der Waals surface area contributed by atoms with Crippen LogP contribution in [0.4, 0.5) is 10.6 Å². The summed E-state index contributed by atoms with van der Waals surface area (Å²) in [5.74, 6) is 1.92. The van der Waals surface area contributed by atoms with Gasteiger partial charge in [-0.05, 0) is 45.4 Å². The molecule has 2 heterocycles. The molecule has 0 saturated heterocycles. The standard InChI is InChI=1S/C20H25N5O2/c1-6-24(7-2)20(26)22-18-12-14(4)23-25(18)17-11-13(3)15-9-8-10-16(27-5)19(15)21-17/h8-12H,6-7H2,1-5H3,(H,22,26). The summed E-state index contributed by atoms with van der Waals surface area (Å²) in [5.41, 5.74) is 2.62. The molecule has 27 heavy (non-hydrogen) atoms. The Bertz CT molecular complexity index is 976. The molecular formula is C20H25N5O2. The first-order chi connectivity index (χ1) is 13.0. The second-order valence-corrected chi connectivity index (χ2v) is 6.34. The quantitative estimate of drug-likeness (QED) is 0.742. The lowest BCUT2D eigenvalue weighted by molar-refractivity contribution is 0.217. The summed E-state index contributed by atoms with van der Waals surface area (Å²) < 4.78 is 7.13. The lowest BCUT2D eigenvalue weighted by Gasteiger charge is -2.19. The summed E-state index contributed by atoms with van der Waals surface area (Å²) in [6.07, 6.45) is 0. The molecule has 0 aliphatic rings. The predicted octanol–water partition coefficient (Wildman–Crippen LogP) is 3.92. The Morgan fingerprint density at radius 2 is 1.96 bits per heavy atom. The highest BCUT2D eigenvalue weighted by atomic mass is 16.5. The first kappa shape index (κ1) is 18.7. The van der Waals surface area contributed by atoms with E-state index in [0.717, 1.165) is 22.2 Å². The van der Waals surface area contributed by atoms with E-state index in [1.807, 2.05) is 58.0 Å². The van der Waals surface area contributed by atoms with Crippen LogP contribution in [0.25, 0.3) is 16.7 Å². The van der Waals surface area contributed by atoms with Crippen molar-refractivity contribution in [2.45, 2.75) is 27.7 Å². The molecule has 0 bridgehead atoms. The molecule has 0 aliphatic carbocycles. The number of amides is 2. The van der Waals surface area contributed by atoms with Crippen LogP contribution in [0.5, 0.6) is 5.75 Å². The number of aromatic nitrogens is 3. The summed E-state index contributed by atoms with van der Waals surface area (Å²) >= 11 is 0. The van der Waals surface area contributed by atoms with Crippen LogP contribution in [0.2, 0.25) is 0 Å². The Balaban J connectivity index is 2.08. The number of rotatable bonds is 5. The number of carbonyl (C=O) groups is 1. The zero-order valence-electron chi connectivity index (χ0n) is 16.4. The fourth-order valence-electron chi connectivity index (χ4n) is 3.11. The number of nitrogens with zero attached hydrogens (tertiary/aromatic N) is 4. The van der Waals surface area contributed by atoms with Gasteiger partial charge in [0.1, 0.15) is 17.1 Å². The number of hydrogen-bond donors (Lipinski definition) is 1. The lowest BCUT2D eigenvalue weighted by atomic mass is 10.1. The van der Waals surface area contributed by atoms with Crippen LogP contribution in [0, 0.1) is 13.8 Å². The maximum absolute atomic E-state index is 12.5. The van der Waals surface area contributed by atoms with Crippen LogP contribution in [-0.2, 0) is 0 Å². The molecule has 2 aromatic heterocycles. The van der Waals surface area contributed by atoms with Gasteiger partial charge in [-0.3, -0.25) is 5.32 Å². The molecule has 3 rings (SSSR count). The number of hydrogen-bond acceptors (Lipinski definition) is 4. The minimum Gasteiger partial charge on any atom is -0.494 e. The van der Waals surface area contributed by atoms with Gasteiger partial charge in [0.05, 0.1) is 12.8 Å². The van der Waals surface area contributed by atoms with Crippen LogP contribution >= 0.6 is 0 Å². The maximum atomic E-state index is 12.5. The van der Waals surface area contributed by atoms with E-state index in [2.05, 4.69) is 10.4 Å². The van der Waals surface area contributed by atoms with Crippen LogP contribution in [0.1, 0.15) is 25.1 Å². The molecule has 1 aromatic carbocycles. The number of fused-ring (bicyclic) bond motifs is 1. The number of pyridine rings is 1. The fourth-order valence-corrected chi connectivity index (χ4v) is 3.11. The average molecular weight is 367 g/mol. The zero-order chi connectivity index (χ0) is 19.6. The summed E-state index contributed by atoms with van der Waals surface area (Å²) in [7, 11) is 1.63. The van der Waals surface area contributed by atoms with E-state index in [0.29, 0.717) is 30.5 Å². The monoisotopic (exact) mass is 367 g/mol. The van der Waals surface area contributed by atoms with E-state index >= 15 is 0 Å². The van der Waals surface area contributed by atoms with E-state index in [9.17, 15) is 4.79 Å². The third-order valence-corrected chi connectivity index (χ3v) is 4.55. The smallest absolute Gasteiger partial charge is 0.322 e. The van der Waals surface area contributed by atoms with Gasteiger partial charge >= 0.3 is 6.03 Å². The minimum atomic E-state index is -0.156. The van der Waals surface area contributed by atoms with Gasteiger partial charge in [0, 0.05) is 24.5 Å². The van der Waals surface area contributed by atoms with Crippen molar-refractivity contribution in [3.63, 3.8) is 0 Å². The van der Waals surface area contributed by atoms with E-state index in [4.69, 9.17) is 9.72 Å². The zero-order valence-corrected chi connectivity index (χ0v) is 16.4.